The van der Waals surface area contributed by atoms with E-state index in [4.69, 9.17) is 9.47 Å². The largest absolute Gasteiger partial charge is 0.496 e. The van der Waals surface area contributed by atoms with Crippen molar-refractivity contribution in [1.29, 1.82) is 0 Å². The molecule has 0 fully saturated rings. The molecular weight excluding hydrogens is 431 g/mol. The number of anilines is 2. The SMILES string of the molecule is COc1cc(F)ccc1-c1ccc2c(c1COC(=O)C1CC=C(C)S1)NC(=O)C(C)(C)N2. The highest BCUT2D eigenvalue weighted by Gasteiger charge is 2.35. The molecule has 0 saturated carbocycles. The third kappa shape index (κ3) is 4.19. The van der Waals surface area contributed by atoms with Gasteiger partial charge in [-0.05, 0) is 55.9 Å². The summed E-state index contributed by atoms with van der Waals surface area (Å²) in [5.74, 6) is -0.589. The lowest BCUT2D eigenvalue weighted by atomic mass is 9.93. The zero-order chi connectivity index (χ0) is 23.0. The molecule has 2 aromatic rings. The Morgan fingerprint density at radius 3 is 2.69 bits per heavy atom. The quantitative estimate of drug-likeness (QED) is 0.610. The molecule has 1 atom stereocenters. The number of allylic oxidation sites excluding steroid dienone is 2. The van der Waals surface area contributed by atoms with E-state index in [1.165, 1.54) is 31.0 Å². The van der Waals surface area contributed by atoms with Crippen LogP contribution in [-0.2, 0) is 20.9 Å². The molecule has 1 amide bonds. The number of amides is 1. The Hall–Kier alpha value is -3.00. The molecule has 0 bridgehead atoms. The Morgan fingerprint density at radius 1 is 1.25 bits per heavy atom. The Kier molecular flexibility index (Phi) is 5.90. The van der Waals surface area contributed by atoms with Gasteiger partial charge < -0.3 is 20.1 Å². The number of fused-ring (bicyclic) bond motifs is 1. The molecule has 6 nitrogen and oxygen atoms in total. The van der Waals surface area contributed by atoms with Crippen LogP contribution in [0.5, 0.6) is 5.75 Å². The molecule has 2 N–H and O–H groups in total. The van der Waals surface area contributed by atoms with Gasteiger partial charge in [0.05, 0.1) is 18.5 Å². The molecule has 4 rings (SSSR count). The molecular formula is C24H25FN2O4S. The number of hydrogen-bond acceptors (Lipinski definition) is 6. The summed E-state index contributed by atoms with van der Waals surface area (Å²) in [5, 5.41) is 5.92. The summed E-state index contributed by atoms with van der Waals surface area (Å²) in [7, 11) is 1.47. The van der Waals surface area contributed by atoms with Gasteiger partial charge in [-0.3, -0.25) is 9.59 Å². The number of thioether (sulfide) groups is 1. The van der Waals surface area contributed by atoms with Crippen LogP contribution in [0.25, 0.3) is 11.1 Å². The van der Waals surface area contributed by atoms with Crippen LogP contribution in [0.2, 0.25) is 0 Å². The van der Waals surface area contributed by atoms with E-state index in [1.807, 2.05) is 25.1 Å². The van der Waals surface area contributed by atoms with Crippen LogP contribution in [0, 0.1) is 5.82 Å². The lowest BCUT2D eigenvalue weighted by molar-refractivity contribution is -0.144. The number of methoxy groups -OCH3 is 1. The topological polar surface area (TPSA) is 76.7 Å². The van der Waals surface area contributed by atoms with E-state index in [2.05, 4.69) is 10.6 Å². The van der Waals surface area contributed by atoms with E-state index in [1.54, 1.807) is 19.9 Å². The summed E-state index contributed by atoms with van der Waals surface area (Å²) in [4.78, 5) is 26.4. The fourth-order valence-corrected chi connectivity index (χ4v) is 4.82. The Balaban J connectivity index is 1.75. The van der Waals surface area contributed by atoms with Gasteiger partial charge in [0.15, 0.2) is 0 Å². The van der Waals surface area contributed by atoms with Crippen molar-refractivity contribution in [2.45, 2.75) is 44.6 Å². The highest BCUT2D eigenvalue weighted by molar-refractivity contribution is 8.04. The predicted molar refractivity (Wildman–Crippen MR) is 124 cm³/mol. The zero-order valence-corrected chi connectivity index (χ0v) is 19.2. The van der Waals surface area contributed by atoms with Crippen LogP contribution >= 0.6 is 11.8 Å². The molecule has 0 spiro atoms. The highest BCUT2D eigenvalue weighted by atomic mass is 32.2. The number of benzene rings is 2. The van der Waals surface area contributed by atoms with Crippen LogP contribution in [0.3, 0.4) is 0 Å². The van der Waals surface area contributed by atoms with Crippen molar-refractivity contribution in [2.75, 3.05) is 17.7 Å². The Bertz CT molecular complexity index is 1130. The molecule has 2 aromatic carbocycles. The van der Waals surface area contributed by atoms with Gasteiger partial charge in [-0.15, -0.1) is 11.8 Å². The number of carbonyl (C=O) groups is 2. The number of hydrogen-bond donors (Lipinski definition) is 2. The molecule has 32 heavy (non-hydrogen) atoms. The van der Waals surface area contributed by atoms with E-state index in [0.717, 1.165) is 10.6 Å². The van der Waals surface area contributed by atoms with Gasteiger partial charge in [-0.1, -0.05) is 12.1 Å². The Morgan fingerprint density at radius 2 is 2.00 bits per heavy atom. The van der Waals surface area contributed by atoms with Gasteiger partial charge >= 0.3 is 5.97 Å². The monoisotopic (exact) mass is 456 g/mol. The third-order valence-electron chi connectivity index (χ3n) is 5.59. The van der Waals surface area contributed by atoms with Crippen molar-refractivity contribution in [3.05, 3.63) is 52.7 Å². The normalized spacial score (nSPS) is 18.8. The van der Waals surface area contributed by atoms with Gasteiger partial charge in [0.2, 0.25) is 5.91 Å². The maximum Gasteiger partial charge on any atom is 0.320 e. The van der Waals surface area contributed by atoms with E-state index >= 15 is 0 Å². The number of halogens is 1. The second kappa shape index (κ2) is 8.50. The van der Waals surface area contributed by atoms with Gasteiger partial charge in [0.25, 0.3) is 0 Å². The minimum Gasteiger partial charge on any atom is -0.496 e. The lowest BCUT2D eigenvalue weighted by Crippen LogP contribution is -2.47. The Labute approximate surface area is 190 Å². The number of rotatable bonds is 5. The summed E-state index contributed by atoms with van der Waals surface area (Å²) in [6.45, 7) is 5.49. The standard InChI is InChI=1S/C24H25FN2O4S/c1-13-5-10-20(32-13)22(28)31-12-17-15(16-7-6-14(25)11-19(16)30-4)8-9-18-21(17)26-23(29)24(2,3)27-18/h5-9,11,20,27H,10,12H2,1-4H3,(H,26,29). The molecule has 2 aliphatic rings. The average molecular weight is 457 g/mol. The number of ether oxygens (including phenoxy) is 2. The van der Waals surface area contributed by atoms with E-state index in [0.29, 0.717) is 34.5 Å². The van der Waals surface area contributed by atoms with Crippen molar-refractivity contribution in [1.82, 2.24) is 0 Å². The summed E-state index contributed by atoms with van der Waals surface area (Å²) < 4.78 is 24.9. The number of carbonyl (C=O) groups excluding carboxylic acids is 2. The first-order valence-corrected chi connectivity index (χ1v) is 11.2. The second-order valence-corrected chi connectivity index (χ2v) is 9.78. The maximum atomic E-state index is 13.8. The lowest BCUT2D eigenvalue weighted by Gasteiger charge is -2.34. The average Bonchev–Trinajstić information content (AvgIpc) is 3.19. The third-order valence-corrected chi connectivity index (χ3v) is 6.80. The molecule has 1 unspecified atom stereocenters. The fraction of sp³-hybridized carbons (Fsp3) is 0.333. The van der Waals surface area contributed by atoms with Crippen LogP contribution in [0.15, 0.2) is 41.3 Å². The molecule has 168 valence electrons. The fourth-order valence-electron chi connectivity index (χ4n) is 3.82. The summed E-state index contributed by atoms with van der Waals surface area (Å²) in [5.41, 5.74) is 2.40. The molecule has 2 aliphatic heterocycles. The first kappa shape index (κ1) is 22.2. The van der Waals surface area contributed by atoms with Crippen molar-refractivity contribution in [3.8, 4) is 16.9 Å². The van der Waals surface area contributed by atoms with E-state index in [9.17, 15) is 14.0 Å². The minimum absolute atomic E-state index is 0.0453. The minimum atomic E-state index is -0.792. The van der Waals surface area contributed by atoms with Crippen LogP contribution in [0.1, 0.15) is 32.8 Å². The van der Waals surface area contributed by atoms with Crippen LogP contribution in [0.4, 0.5) is 15.8 Å². The predicted octanol–water partition coefficient (Wildman–Crippen LogP) is 5.10. The van der Waals surface area contributed by atoms with Gasteiger partial charge in [0, 0.05) is 17.2 Å². The smallest absolute Gasteiger partial charge is 0.320 e. The van der Waals surface area contributed by atoms with Gasteiger partial charge in [-0.2, -0.15) is 0 Å². The summed E-state index contributed by atoms with van der Waals surface area (Å²) >= 11 is 1.49. The first-order chi connectivity index (χ1) is 15.2. The van der Waals surface area contributed by atoms with Crippen molar-refractivity contribution in [2.24, 2.45) is 0 Å². The van der Waals surface area contributed by atoms with Crippen molar-refractivity contribution >= 4 is 35.0 Å². The van der Waals surface area contributed by atoms with Crippen molar-refractivity contribution in [3.63, 3.8) is 0 Å². The summed E-state index contributed by atoms with van der Waals surface area (Å²) in [6.07, 6.45) is 2.65. The van der Waals surface area contributed by atoms with Gasteiger partial charge in [0.1, 0.15) is 29.0 Å². The number of esters is 1. The summed E-state index contributed by atoms with van der Waals surface area (Å²) in [6, 6.07) is 7.96. The molecule has 0 aliphatic carbocycles. The molecule has 0 aromatic heterocycles. The van der Waals surface area contributed by atoms with E-state index < -0.39 is 11.4 Å². The van der Waals surface area contributed by atoms with Crippen LogP contribution < -0.4 is 15.4 Å². The zero-order valence-electron chi connectivity index (χ0n) is 18.4. The molecule has 2 heterocycles. The second-order valence-electron chi connectivity index (χ2n) is 8.33. The molecule has 0 saturated heterocycles. The highest BCUT2D eigenvalue weighted by Crippen LogP contribution is 2.42. The van der Waals surface area contributed by atoms with Crippen LogP contribution in [-0.4, -0.2) is 29.8 Å². The molecule has 0 radical (unpaired) electrons. The van der Waals surface area contributed by atoms with Crippen molar-refractivity contribution < 1.29 is 23.5 Å². The number of nitrogens with one attached hydrogen (secondary N) is 2. The first-order valence-electron chi connectivity index (χ1n) is 10.3. The van der Waals surface area contributed by atoms with E-state index in [-0.39, 0.29) is 23.7 Å². The van der Waals surface area contributed by atoms with Gasteiger partial charge in [-0.25, -0.2) is 4.39 Å². The maximum absolute atomic E-state index is 13.8. The molecule has 8 heteroatoms.